The van der Waals surface area contributed by atoms with E-state index in [0.29, 0.717) is 29.9 Å². The van der Waals surface area contributed by atoms with E-state index in [2.05, 4.69) is 30.6 Å². The lowest BCUT2D eigenvalue weighted by Gasteiger charge is -2.10. The van der Waals surface area contributed by atoms with Crippen molar-refractivity contribution >= 4 is 0 Å². The Bertz CT molecular complexity index is 1220. The number of hydrogen-bond donors (Lipinski definition) is 3. The maximum absolute atomic E-state index is 12.3. The Hall–Kier alpha value is -3.81. The molecule has 2 aromatic carbocycles. The molecule has 0 radical (unpaired) electrons. The van der Waals surface area contributed by atoms with Crippen LogP contribution >= 0.6 is 0 Å². The zero-order valence-electron chi connectivity index (χ0n) is 15.9. The van der Waals surface area contributed by atoms with Crippen molar-refractivity contribution < 1.29 is 0 Å². The van der Waals surface area contributed by atoms with Gasteiger partial charge in [0.1, 0.15) is 0 Å². The van der Waals surface area contributed by atoms with Gasteiger partial charge in [0.05, 0.1) is 0 Å². The molecule has 0 fully saturated rings. The lowest BCUT2D eigenvalue weighted by Crippen LogP contribution is -2.28. The maximum atomic E-state index is 12.3. The lowest BCUT2D eigenvalue weighted by molar-refractivity contribution is 0.821. The second-order valence-corrected chi connectivity index (χ2v) is 6.77. The average molecular weight is 388 g/mol. The molecule has 8 nitrogen and oxygen atoms in total. The summed E-state index contributed by atoms with van der Waals surface area (Å²) in [5, 5.41) is 14.3. The van der Waals surface area contributed by atoms with Gasteiger partial charge < -0.3 is 4.98 Å². The molecule has 0 spiro atoms. The summed E-state index contributed by atoms with van der Waals surface area (Å²) in [7, 11) is 0. The van der Waals surface area contributed by atoms with Gasteiger partial charge in [0.25, 0.3) is 5.56 Å². The van der Waals surface area contributed by atoms with Gasteiger partial charge in [-0.1, -0.05) is 61.9 Å². The van der Waals surface area contributed by atoms with Crippen LogP contribution in [0.3, 0.4) is 0 Å². The topological polar surface area (TPSA) is 120 Å². The van der Waals surface area contributed by atoms with Crippen LogP contribution in [-0.4, -0.2) is 30.6 Å². The predicted molar refractivity (Wildman–Crippen MR) is 110 cm³/mol. The van der Waals surface area contributed by atoms with Crippen molar-refractivity contribution in [2.24, 2.45) is 0 Å². The molecule has 3 N–H and O–H groups in total. The molecule has 146 valence electrons. The van der Waals surface area contributed by atoms with E-state index in [1.165, 1.54) is 0 Å². The minimum atomic E-state index is -0.462. The zero-order chi connectivity index (χ0) is 20.2. The van der Waals surface area contributed by atoms with E-state index in [0.717, 1.165) is 28.7 Å². The summed E-state index contributed by atoms with van der Waals surface area (Å²) in [6.07, 6.45) is 1.96. The third kappa shape index (κ3) is 3.91. The van der Waals surface area contributed by atoms with Gasteiger partial charge >= 0.3 is 5.69 Å². The summed E-state index contributed by atoms with van der Waals surface area (Å²) in [6.45, 7) is 2.01. The minimum absolute atomic E-state index is 0.330. The molecule has 0 aliphatic carbocycles. The van der Waals surface area contributed by atoms with Crippen molar-refractivity contribution in [1.29, 1.82) is 0 Å². The van der Waals surface area contributed by atoms with Gasteiger partial charge in [0.15, 0.2) is 0 Å². The molecule has 4 rings (SSSR count). The van der Waals surface area contributed by atoms with Gasteiger partial charge in [-0.15, -0.1) is 10.2 Å². The van der Waals surface area contributed by atoms with Crippen LogP contribution in [0.1, 0.15) is 30.2 Å². The molecule has 2 heterocycles. The number of aromatic nitrogens is 6. The van der Waals surface area contributed by atoms with Crippen LogP contribution in [0, 0.1) is 0 Å². The van der Waals surface area contributed by atoms with Crippen LogP contribution in [0.5, 0.6) is 0 Å². The zero-order valence-corrected chi connectivity index (χ0v) is 15.9. The molecule has 4 aromatic rings. The fourth-order valence-electron chi connectivity index (χ4n) is 3.42. The fraction of sp³-hybridized carbons (Fsp3) is 0.190. The van der Waals surface area contributed by atoms with E-state index in [9.17, 15) is 9.59 Å². The molecule has 0 unspecified atom stereocenters. The summed E-state index contributed by atoms with van der Waals surface area (Å²) in [4.78, 5) is 29.0. The number of aryl methyl sites for hydroxylation is 1. The minimum Gasteiger partial charge on any atom is -0.311 e. The van der Waals surface area contributed by atoms with E-state index < -0.39 is 5.69 Å². The first-order chi connectivity index (χ1) is 14.2. The van der Waals surface area contributed by atoms with Gasteiger partial charge in [0, 0.05) is 23.2 Å². The number of benzene rings is 2. The van der Waals surface area contributed by atoms with Crippen LogP contribution in [0.2, 0.25) is 0 Å². The van der Waals surface area contributed by atoms with Crippen LogP contribution in [0.25, 0.3) is 22.5 Å². The standard InChI is InChI=1S/C21H20N6O2/c1-2-5-18-17(20(28)23-21(29)22-18)12-13-8-10-14(11-9-13)15-6-3-4-7-16(15)19-24-26-27-25-19/h3-4,6-11H,2,5,12H2,1H3,(H2,22,23,28,29)(H,24,25,26,27). The molecule has 0 aliphatic rings. The number of rotatable bonds is 6. The van der Waals surface area contributed by atoms with E-state index in [1.54, 1.807) is 0 Å². The van der Waals surface area contributed by atoms with E-state index in [1.807, 2.05) is 55.5 Å². The van der Waals surface area contributed by atoms with Gasteiger partial charge in [-0.2, -0.15) is 5.21 Å². The highest BCUT2D eigenvalue weighted by molar-refractivity contribution is 5.80. The Kier molecular flexibility index (Phi) is 5.15. The monoisotopic (exact) mass is 388 g/mol. The van der Waals surface area contributed by atoms with Crippen LogP contribution in [0.15, 0.2) is 58.1 Å². The highest BCUT2D eigenvalue weighted by atomic mass is 16.2. The first-order valence-electron chi connectivity index (χ1n) is 9.42. The van der Waals surface area contributed by atoms with Crippen LogP contribution in [0.4, 0.5) is 0 Å². The number of nitrogens with zero attached hydrogens (tertiary/aromatic N) is 3. The Balaban J connectivity index is 1.66. The van der Waals surface area contributed by atoms with Gasteiger partial charge in [-0.25, -0.2) is 4.79 Å². The third-order valence-corrected chi connectivity index (χ3v) is 4.79. The van der Waals surface area contributed by atoms with Gasteiger partial charge in [0.2, 0.25) is 5.82 Å². The lowest BCUT2D eigenvalue weighted by atomic mass is 9.96. The van der Waals surface area contributed by atoms with Crippen molar-refractivity contribution in [2.75, 3.05) is 0 Å². The predicted octanol–water partition coefficient (Wildman–Crippen LogP) is 2.45. The first kappa shape index (κ1) is 18.5. The second kappa shape index (κ2) is 8.05. The molecular formula is C21H20N6O2. The fourth-order valence-corrected chi connectivity index (χ4v) is 3.42. The second-order valence-electron chi connectivity index (χ2n) is 6.77. The number of H-pyrrole nitrogens is 3. The van der Waals surface area contributed by atoms with Crippen LogP contribution < -0.4 is 11.2 Å². The summed E-state index contributed by atoms with van der Waals surface area (Å²) in [5.41, 5.74) is 4.39. The Morgan fingerprint density at radius 3 is 2.38 bits per heavy atom. The quantitative estimate of drug-likeness (QED) is 0.469. The van der Waals surface area contributed by atoms with Crippen molar-refractivity contribution in [1.82, 2.24) is 30.6 Å². The smallest absolute Gasteiger partial charge is 0.311 e. The summed E-state index contributed by atoms with van der Waals surface area (Å²) >= 11 is 0. The Labute approximate surface area is 166 Å². The molecule has 0 bridgehead atoms. The highest BCUT2D eigenvalue weighted by Crippen LogP contribution is 2.29. The molecule has 0 amide bonds. The molecule has 0 atom stereocenters. The normalized spacial score (nSPS) is 10.9. The number of nitrogens with one attached hydrogen (secondary N) is 3. The largest absolute Gasteiger partial charge is 0.325 e. The van der Waals surface area contributed by atoms with E-state index in [4.69, 9.17) is 0 Å². The molecule has 0 saturated heterocycles. The average Bonchev–Trinajstić information content (AvgIpc) is 3.26. The number of tetrazole rings is 1. The maximum Gasteiger partial charge on any atom is 0.325 e. The molecule has 29 heavy (non-hydrogen) atoms. The number of hydrogen-bond acceptors (Lipinski definition) is 5. The SMILES string of the molecule is CCCc1[nH]c(=O)[nH]c(=O)c1Cc1ccc(-c2ccccc2-c2nn[nH]n2)cc1. The summed E-state index contributed by atoms with van der Waals surface area (Å²) in [6, 6.07) is 15.8. The summed E-state index contributed by atoms with van der Waals surface area (Å²) in [5.74, 6) is 0.536. The van der Waals surface area contributed by atoms with Crippen molar-refractivity contribution in [2.45, 2.75) is 26.2 Å². The van der Waals surface area contributed by atoms with Crippen molar-refractivity contribution in [3.8, 4) is 22.5 Å². The van der Waals surface area contributed by atoms with Gasteiger partial charge in [-0.05, 0) is 28.3 Å². The van der Waals surface area contributed by atoms with Gasteiger partial charge in [-0.3, -0.25) is 9.78 Å². The Morgan fingerprint density at radius 2 is 1.69 bits per heavy atom. The van der Waals surface area contributed by atoms with Crippen molar-refractivity contribution in [3.63, 3.8) is 0 Å². The molecule has 8 heteroatoms. The van der Waals surface area contributed by atoms with E-state index >= 15 is 0 Å². The molecular weight excluding hydrogens is 368 g/mol. The summed E-state index contributed by atoms with van der Waals surface area (Å²) < 4.78 is 0. The molecule has 0 saturated carbocycles. The Morgan fingerprint density at radius 1 is 0.931 bits per heavy atom. The molecule has 0 aliphatic heterocycles. The molecule has 2 aromatic heterocycles. The van der Waals surface area contributed by atoms with E-state index in [-0.39, 0.29) is 5.56 Å². The van der Waals surface area contributed by atoms with Crippen LogP contribution in [-0.2, 0) is 12.8 Å². The highest BCUT2D eigenvalue weighted by Gasteiger charge is 2.12. The van der Waals surface area contributed by atoms with Crippen molar-refractivity contribution in [3.05, 3.63) is 86.2 Å². The third-order valence-electron chi connectivity index (χ3n) is 4.79. The number of aromatic amines is 3. The first-order valence-corrected chi connectivity index (χ1v) is 9.42.